The summed E-state index contributed by atoms with van der Waals surface area (Å²) in [6.45, 7) is 3.61. The second kappa shape index (κ2) is 4.81. The summed E-state index contributed by atoms with van der Waals surface area (Å²) in [5.74, 6) is 0. The summed E-state index contributed by atoms with van der Waals surface area (Å²) in [6, 6.07) is 0. The number of H-pyrrole nitrogens is 1. The molecule has 2 aliphatic rings. The highest BCUT2D eigenvalue weighted by molar-refractivity contribution is 4.96. The Hall–Kier alpha value is -0.830. The second-order valence-electron chi connectivity index (χ2n) is 5.91. The lowest BCUT2D eigenvalue weighted by molar-refractivity contribution is 0.0636. The summed E-state index contributed by atoms with van der Waals surface area (Å²) in [6.07, 6.45) is 14.0. The van der Waals surface area contributed by atoms with Crippen molar-refractivity contribution in [2.24, 2.45) is 5.41 Å². The third kappa shape index (κ3) is 2.54. The Morgan fingerprint density at radius 1 is 1.12 bits per heavy atom. The van der Waals surface area contributed by atoms with Gasteiger partial charge in [0.1, 0.15) is 0 Å². The number of nitrogens with zero attached hydrogens (tertiary/aromatic N) is 2. The fourth-order valence-electron chi connectivity index (χ4n) is 3.60. The van der Waals surface area contributed by atoms with Crippen molar-refractivity contribution in [3.8, 4) is 0 Å². The first-order valence-electron chi connectivity index (χ1n) is 7.06. The maximum atomic E-state index is 4.09. The standard InChI is InChI=1S/C14H23N3/c1-2-4-14(5-3-1)6-8-17(9-7-14)11-13-10-15-12-16-13/h10,12H,1-9,11H2,(H,15,16). The van der Waals surface area contributed by atoms with E-state index in [1.54, 1.807) is 6.33 Å². The molecule has 1 aliphatic carbocycles. The topological polar surface area (TPSA) is 31.9 Å². The first-order chi connectivity index (χ1) is 8.36. The number of aromatic nitrogens is 2. The van der Waals surface area contributed by atoms with Crippen LogP contribution in [0.5, 0.6) is 0 Å². The van der Waals surface area contributed by atoms with Gasteiger partial charge in [0.05, 0.1) is 6.33 Å². The number of likely N-dealkylation sites (tertiary alicyclic amines) is 1. The van der Waals surface area contributed by atoms with Crippen molar-refractivity contribution in [1.29, 1.82) is 0 Å². The smallest absolute Gasteiger partial charge is 0.0922 e. The second-order valence-corrected chi connectivity index (χ2v) is 5.91. The lowest BCUT2D eigenvalue weighted by atomic mass is 9.68. The largest absolute Gasteiger partial charge is 0.347 e. The van der Waals surface area contributed by atoms with Gasteiger partial charge in [0.25, 0.3) is 0 Å². The summed E-state index contributed by atoms with van der Waals surface area (Å²) in [5, 5.41) is 0. The van der Waals surface area contributed by atoms with Crippen molar-refractivity contribution in [3.05, 3.63) is 18.2 Å². The fraction of sp³-hybridized carbons (Fsp3) is 0.786. The minimum atomic E-state index is 0.725. The number of hydrogen-bond acceptors (Lipinski definition) is 2. The Labute approximate surface area is 104 Å². The van der Waals surface area contributed by atoms with Gasteiger partial charge >= 0.3 is 0 Å². The van der Waals surface area contributed by atoms with Gasteiger partial charge in [-0.2, -0.15) is 0 Å². The molecule has 1 N–H and O–H groups in total. The number of piperidine rings is 1. The van der Waals surface area contributed by atoms with E-state index in [1.165, 1.54) is 63.7 Å². The highest BCUT2D eigenvalue weighted by Crippen LogP contribution is 2.44. The minimum absolute atomic E-state index is 0.725. The SMILES string of the molecule is c1ncc(CN2CCC3(CCCCC3)CC2)[nH]1. The third-order valence-electron chi connectivity index (χ3n) is 4.78. The van der Waals surface area contributed by atoms with Gasteiger partial charge in [0.15, 0.2) is 0 Å². The minimum Gasteiger partial charge on any atom is -0.347 e. The molecule has 3 nitrogen and oxygen atoms in total. The average molecular weight is 233 g/mol. The zero-order chi connectivity index (χ0) is 11.6. The Balaban J connectivity index is 1.53. The monoisotopic (exact) mass is 233 g/mol. The van der Waals surface area contributed by atoms with E-state index in [0.29, 0.717) is 0 Å². The van der Waals surface area contributed by atoms with Crippen LogP contribution >= 0.6 is 0 Å². The average Bonchev–Trinajstić information content (AvgIpc) is 2.87. The van der Waals surface area contributed by atoms with Crippen molar-refractivity contribution in [2.75, 3.05) is 13.1 Å². The maximum Gasteiger partial charge on any atom is 0.0922 e. The van der Waals surface area contributed by atoms with Crippen LogP contribution in [-0.4, -0.2) is 28.0 Å². The number of imidazole rings is 1. The highest BCUT2D eigenvalue weighted by atomic mass is 15.1. The lowest BCUT2D eigenvalue weighted by Gasteiger charge is -2.44. The van der Waals surface area contributed by atoms with Gasteiger partial charge in [-0.1, -0.05) is 19.3 Å². The van der Waals surface area contributed by atoms with Crippen LogP contribution in [0.2, 0.25) is 0 Å². The molecule has 0 radical (unpaired) electrons. The van der Waals surface area contributed by atoms with E-state index in [4.69, 9.17) is 0 Å². The zero-order valence-electron chi connectivity index (χ0n) is 10.6. The zero-order valence-corrected chi connectivity index (χ0v) is 10.6. The Morgan fingerprint density at radius 3 is 2.53 bits per heavy atom. The molecule has 1 saturated heterocycles. The van der Waals surface area contributed by atoms with Gasteiger partial charge in [-0.15, -0.1) is 0 Å². The van der Waals surface area contributed by atoms with Gasteiger partial charge in [0.2, 0.25) is 0 Å². The van der Waals surface area contributed by atoms with E-state index in [1.807, 2.05) is 6.20 Å². The molecule has 2 fully saturated rings. The number of hydrogen-bond donors (Lipinski definition) is 1. The van der Waals surface area contributed by atoms with E-state index in [2.05, 4.69) is 14.9 Å². The molecular weight excluding hydrogens is 210 g/mol. The molecule has 1 aliphatic heterocycles. The van der Waals surface area contributed by atoms with Crippen LogP contribution in [0.3, 0.4) is 0 Å². The van der Waals surface area contributed by atoms with Crippen molar-refractivity contribution >= 4 is 0 Å². The number of nitrogens with one attached hydrogen (secondary N) is 1. The predicted molar refractivity (Wildman–Crippen MR) is 68.6 cm³/mol. The summed E-state index contributed by atoms with van der Waals surface area (Å²) in [7, 11) is 0. The molecule has 0 atom stereocenters. The molecule has 1 saturated carbocycles. The van der Waals surface area contributed by atoms with Crippen LogP contribution in [0.25, 0.3) is 0 Å². The first-order valence-corrected chi connectivity index (χ1v) is 7.06. The van der Waals surface area contributed by atoms with Crippen molar-refractivity contribution in [2.45, 2.75) is 51.5 Å². The molecule has 1 spiro atoms. The summed E-state index contributed by atoms with van der Waals surface area (Å²) in [4.78, 5) is 9.87. The molecule has 94 valence electrons. The van der Waals surface area contributed by atoms with Gasteiger partial charge in [-0.05, 0) is 44.2 Å². The van der Waals surface area contributed by atoms with Crippen LogP contribution < -0.4 is 0 Å². The fourth-order valence-corrected chi connectivity index (χ4v) is 3.60. The first kappa shape index (κ1) is 11.3. The lowest BCUT2D eigenvalue weighted by Crippen LogP contribution is -2.40. The molecule has 3 heteroatoms. The molecule has 0 amide bonds. The predicted octanol–water partition coefficient (Wildman–Crippen LogP) is 2.96. The van der Waals surface area contributed by atoms with Crippen LogP contribution in [0, 0.1) is 5.41 Å². The third-order valence-corrected chi connectivity index (χ3v) is 4.78. The normalized spacial score (nSPS) is 25.2. The molecule has 1 aromatic rings. The van der Waals surface area contributed by atoms with Gasteiger partial charge in [0, 0.05) is 18.4 Å². The van der Waals surface area contributed by atoms with Crippen LogP contribution in [0.1, 0.15) is 50.6 Å². The van der Waals surface area contributed by atoms with Crippen LogP contribution in [0.4, 0.5) is 0 Å². The molecule has 0 aromatic carbocycles. The summed E-state index contributed by atoms with van der Waals surface area (Å²) in [5.41, 5.74) is 1.98. The van der Waals surface area contributed by atoms with Crippen molar-refractivity contribution in [3.63, 3.8) is 0 Å². The number of aromatic amines is 1. The molecule has 0 unspecified atom stereocenters. The van der Waals surface area contributed by atoms with Crippen molar-refractivity contribution < 1.29 is 0 Å². The van der Waals surface area contributed by atoms with Gasteiger partial charge in [-0.3, -0.25) is 4.90 Å². The summed E-state index contributed by atoms with van der Waals surface area (Å²) < 4.78 is 0. The summed E-state index contributed by atoms with van der Waals surface area (Å²) >= 11 is 0. The van der Waals surface area contributed by atoms with E-state index in [9.17, 15) is 0 Å². The quantitative estimate of drug-likeness (QED) is 0.851. The molecule has 17 heavy (non-hydrogen) atoms. The molecule has 0 bridgehead atoms. The van der Waals surface area contributed by atoms with Gasteiger partial charge in [-0.25, -0.2) is 4.98 Å². The highest BCUT2D eigenvalue weighted by Gasteiger charge is 2.35. The van der Waals surface area contributed by atoms with Crippen molar-refractivity contribution in [1.82, 2.24) is 14.9 Å². The maximum absolute atomic E-state index is 4.09. The Kier molecular flexibility index (Phi) is 3.19. The Morgan fingerprint density at radius 2 is 1.88 bits per heavy atom. The van der Waals surface area contributed by atoms with Gasteiger partial charge < -0.3 is 4.98 Å². The van der Waals surface area contributed by atoms with E-state index in [0.717, 1.165) is 12.0 Å². The molecule has 1 aromatic heterocycles. The Bertz CT molecular complexity index is 328. The number of rotatable bonds is 2. The van der Waals surface area contributed by atoms with E-state index >= 15 is 0 Å². The van der Waals surface area contributed by atoms with E-state index < -0.39 is 0 Å². The molecular formula is C14H23N3. The van der Waals surface area contributed by atoms with E-state index in [-0.39, 0.29) is 0 Å². The van der Waals surface area contributed by atoms with Crippen LogP contribution in [-0.2, 0) is 6.54 Å². The van der Waals surface area contributed by atoms with Crippen LogP contribution in [0.15, 0.2) is 12.5 Å². The molecule has 3 rings (SSSR count). The molecule has 2 heterocycles.